The number of benzene rings is 2. The molecule has 0 aliphatic heterocycles. The lowest BCUT2D eigenvalue weighted by atomic mass is 9.95. The second-order valence-electron chi connectivity index (χ2n) is 8.57. The Morgan fingerprint density at radius 3 is 1.48 bits per heavy atom. The predicted octanol–water partition coefficient (Wildman–Crippen LogP) is 2.98. The fourth-order valence-corrected chi connectivity index (χ4v) is 4.04. The molecule has 31 heavy (non-hydrogen) atoms. The van der Waals surface area contributed by atoms with Crippen molar-refractivity contribution in [2.45, 2.75) is 36.5 Å². The molecular weight excluding hydrogens is 402 g/mol. The van der Waals surface area contributed by atoms with Crippen LogP contribution in [0.3, 0.4) is 0 Å². The molecule has 0 aromatic heterocycles. The number of amides is 2. The Bertz CT molecular complexity index is 893. The number of rotatable bonds is 10. The molecule has 164 valence electrons. The summed E-state index contributed by atoms with van der Waals surface area (Å²) in [5.74, 6) is -1.21. The maximum Gasteiger partial charge on any atom is 0.246 e. The minimum atomic E-state index is -0.347. The van der Waals surface area contributed by atoms with E-state index in [9.17, 15) is 18.4 Å². The van der Waals surface area contributed by atoms with Crippen LogP contribution in [0.25, 0.3) is 0 Å². The molecule has 2 saturated carbocycles. The number of halogens is 2. The molecule has 7 heteroatoms. The first-order valence-corrected chi connectivity index (χ1v) is 10.6. The highest BCUT2D eigenvalue weighted by molar-refractivity contribution is 5.79. The van der Waals surface area contributed by atoms with Gasteiger partial charge in [-0.05, 0) is 48.9 Å². The van der Waals surface area contributed by atoms with E-state index in [1.54, 1.807) is 36.4 Å². The van der Waals surface area contributed by atoms with Gasteiger partial charge in [-0.3, -0.25) is 9.59 Å². The normalized spacial score (nSPS) is 17.6. The van der Waals surface area contributed by atoms with Crippen molar-refractivity contribution in [1.29, 1.82) is 0 Å². The zero-order valence-electron chi connectivity index (χ0n) is 17.3. The van der Waals surface area contributed by atoms with Gasteiger partial charge in [0, 0.05) is 23.9 Å². The van der Waals surface area contributed by atoms with Gasteiger partial charge in [0.15, 0.2) is 0 Å². The highest BCUT2D eigenvalue weighted by Crippen LogP contribution is 2.49. The van der Waals surface area contributed by atoms with E-state index in [0.717, 1.165) is 25.7 Å². The van der Waals surface area contributed by atoms with Gasteiger partial charge in [0.1, 0.15) is 24.8 Å². The Morgan fingerprint density at radius 2 is 1.13 bits per heavy atom. The van der Waals surface area contributed by atoms with Gasteiger partial charge < -0.3 is 15.4 Å². The maximum atomic E-state index is 14.0. The molecule has 0 bridgehead atoms. The van der Waals surface area contributed by atoms with Crippen LogP contribution in [-0.2, 0) is 25.2 Å². The third-order valence-electron chi connectivity index (χ3n) is 6.31. The number of ether oxygens (including phenoxy) is 1. The molecule has 0 spiro atoms. The molecule has 2 aromatic rings. The van der Waals surface area contributed by atoms with E-state index in [1.165, 1.54) is 12.1 Å². The van der Waals surface area contributed by atoms with Crippen LogP contribution in [0.1, 0.15) is 36.8 Å². The van der Waals surface area contributed by atoms with E-state index >= 15 is 0 Å². The van der Waals surface area contributed by atoms with Crippen molar-refractivity contribution < 1.29 is 23.1 Å². The molecule has 0 radical (unpaired) electrons. The third-order valence-corrected chi connectivity index (χ3v) is 6.31. The summed E-state index contributed by atoms with van der Waals surface area (Å²) in [5.41, 5.74) is 0.562. The number of hydrogen-bond acceptors (Lipinski definition) is 3. The fourth-order valence-electron chi connectivity index (χ4n) is 4.04. The Kier molecular flexibility index (Phi) is 6.05. The summed E-state index contributed by atoms with van der Waals surface area (Å²) in [6.07, 6.45) is 3.28. The SMILES string of the molecule is O=C(COCC(=O)NCC1(c2ccccc2F)CC1)NCC1(c2ccccc2F)CC1. The molecule has 0 heterocycles. The van der Waals surface area contributed by atoms with Crippen LogP contribution in [-0.4, -0.2) is 38.1 Å². The van der Waals surface area contributed by atoms with Gasteiger partial charge in [0.25, 0.3) is 0 Å². The van der Waals surface area contributed by atoms with Crippen LogP contribution in [0, 0.1) is 11.6 Å². The van der Waals surface area contributed by atoms with E-state index in [4.69, 9.17) is 4.74 Å². The first-order valence-electron chi connectivity index (χ1n) is 10.6. The molecule has 0 atom stereocenters. The molecule has 2 aliphatic carbocycles. The van der Waals surface area contributed by atoms with Gasteiger partial charge in [-0.2, -0.15) is 0 Å². The number of nitrogens with one attached hydrogen (secondary N) is 2. The van der Waals surface area contributed by atoms with Crippen molar-refractivity contribution in [3.8, 4) is 0 Å². The molecular formula is C24H26F2N2O3. The number of carbonyl (C=O) groups is 2. The lowest BCUT2D eigenvalue weighted by Crippen LogP contribution is -2.37. The van der Waals surface area contributed by atoms with E-state index in [1.807, 2.05) is 0 Å². The smallest absolute Gasteiger partial charge is 0.246 e. The second-order valence-corrected chi connectivity index (χ2v) is 8.57. The van der Waals surface area contributed by atoms with Gasteiger partial charge in [0.2, 0.25) is 11.8 Å². The van der Waals surface area contributed by atoms with Crippen molar-refractivity contribution in [2.24, 2.45) is 0 Å². The maximum absolute atomic E-state index is 14.0. The highest BCUT2D eigenvalue weighted by Gasteiger charge is 2.46. The van der Waals surface area contributed by atoms with E-state index in [-0.39, 0.29) is 47.5 Å². The topological polar surface area (TPSA) is 67.4 Å². The third kappa shape index (κ3) is 4.93. The van der Waals surface area contributed by atoms with E-state index in [2.05, 4.69) is 10.6 Å². The average Bonchev–Trinajstić information content (AvgIpc) is 3.68. The van der Waals surface area contributed by atoms with Crippen LogP contribution >= 0.6 is 0 Å². The van der Waals surface area contributed by atoms with Gasteiger partial charge in [-0.1, -0.05) is 36.4 Å². The second kappa shape index (κ2) is 8.75. The van der Waals surface area contributed by atoms with Crippen molar-refractivity contribution in [2.75, 3.05) is 26.3 Å². The van der Waals surface area contributed by atoms with Crippen molar-refractivity contribution in [1.82, 2.24) is 10.6 Å². The molecule has 5 nitrogen and oxygen atoms in total. The van der Waals surface area contributed by atoms with Crippen LogP contribution in [0.15, 0.2) is 48.5 Å². The average molecular weight is 428 g/mol. The van der Waals surface area contributed by atoms with Crippen molar-refractivity contribution in [3.63, 3.8) is 0 Å². The minimum Gasteiger partial charge on any atom is -0.362 e. The Morgan fingerprint density at radius 1 is 0.742 bits per heavy atom. The molecule has 2 N–H and O–H groups in total. The first kappa shape index (κ1) is 21.4. The Labute approximate surface area is 180 Å². The minimum absolute atomic E-state index is 0.251. The molecule has 0 saturated heterocycles. The fraction of sp³-hybridized carbons (Fsp3) is 0.417. The quantitative estimate of drug-likeness (QED) is 0.612. The standard InChI is InChI=1S/C24H26F2N2O3/c25-19-7-3-1-5-17(19)23(9-10-23)15-27-21(29)13-31-14-22(30)28-16-24(11-12-24)18-6-2-4-8-20(18)26/h1-8H,9-16H2,(H,27,29)(H,28,30). The van der Waals surface area contributed by atoms with E-state index < -0.39 is 0 Å². The molecule has 2 aromatic carbocycles. The summed E-state index contributed by atoms with van der Waals surface area (Å²) in [4.78, 5) is 24.1. The number of hydrogen-bond donors (Lipinski definition) is 2. The number of carbonyl (C=O) groups excluding carboxylic acids is 2. The summed E-state index contributed by atoms with van der Waals surface area (Å²) in [6, 6.07) is 13.2. The van der Waals surface area contributed by atoms with Crippen molar-refractivity contribution >= 4 is 11.8 Å². The monoisotopic (exact) mass is 428 g/mol. The van der Waals surface area contributed by atoms with Gasteiger partial charge >= 0.3 is 0 Å². The molecule has 4 rings (SSSR count). The van der Waals surface area contributed by atoms with Crippen LogP contribution in [0.5, 0.6) is 0 Å². The summed E-state index contributed by atoms with van der Waals surface area (Å²) in [7, 11) is 0. The molecule has 0 unspecified atom stereocenters. The molecule has 2 fully saturated rings. The van der Waals surface area contributed by atoms with Crippen LogP contribution < -0.4 is 10.6 Å². The van der Waals surface area contributed by atoms with Crippen LogP contribution in [0.2, 0.25) is 0 Å². The van der Waals surface area contributed by atoms with Crippen LogP contribution in [0.4, 0.5) is 8.78 Å². The largest absolute Gasteiger partial charge is 0.362 e. The lowest BCUT2D eigenvalue weighted by molar-refractivity contribution is -0.131. The molecule has 2 aliphatic rings. The van der Waals surface area contributed by atoms with Gasteiger partial charge in [-0.25, -0.2) is 8.78 Å². The lowest BCUT2D eigenvalue weighted by Gasteiger charge is -2.18. The highest BCUT2D eigenvalue weighted by atomic mass is 19.1. The van der Waals surface area contributed by atoms with Crippen molar-refractivity contribution in [3.05, 3.63) is 71.3 Å². The Balaban J connectivity index is 1.16. The zero-order valence-corrected chi connectivity index (χ0v) is 17.3. The first-order chi connectivity index (χ1) is 14.9. The van der Waals surface area contributed by atoms with Gasteiger partial charge in [0.05, 0.1) is 0 Å². The zero-order chi connectivity index (χ0) is 21.9. The predicted molar refractivity (Wildman–Crippen MR) is 111 cm³/mol. The summed E-state index contributed by atoms with van der Waals surface area (Å²) in [5, 5.41) is 5.55. The van der Waals surface area contributed by atoms with E-state index in [0.29, 0.717) is 24.2 Å². The summed E-state index contributed by atoms with van der Waals surface area (Å²) < 4.78 is 33.3. The molecule has 2 amide bonds. The summed E-state index contributed by atoms with van der Waals surface area (Å²) >= 11 is 0. The van der Waals surface area contributed by atoms with Gasteiger partial charge in [-0.15, -0.1) is 0 Å². The summed E-state index contributed by atoms with van der Waals surface area (Å²) in [6.45, 7) is 0.180. The Hall–Kier alpha value is -2.80.